The van der Waals surface area contributed by atoms with Crippen molar-refractivity contribution in [2.75, 3.05) is 0 Å². The summed E-state index contributed by atoms with van der Waals surface area (Å²) < 4.78 is 72.2. The lowest BCUT2D eigenvalue weighted by Crippen LogP contribution is -2.10. The van der Waals surface area contributed by atoms with E-state index in [1.54, 1.807) is 0 Å². The van der Waals surface area contributed by atoms with E-state index in [1.165, 1.54) is 0 Å². The third-order valence-electron chi connectivity index (χ3n) is 2.10. The molecule has 0 unspecified atom stereocenters. The van der Waals surface area contributed by atoms with Crippen LogP contribution >= 0.6 is 0 Å². The van der Waals surface area contributed by atoms with Crippen molar-refractivity contribution >= 4 is 11.4 Å². The van der Waals surface area contributed by atoms with Gasteiger partial charge in [-0.1, -0.05) is 0 Å². The lowest BCUT2D eigenvalue weighted by Gasteiger charge is -2.07. The standard InChI is InChI=1S/C12H6F4O3S/c13-7-1-3-11(9(15)5-7)18-20(17)19-12-4-2-8(14)6-10(12)16/h1-6H. The predicted octanol–water partition coefficient (Wildman–Crippen LogP) is 3.28. The van der Waals surface area contributed by atoms with Crippen LogP contribution in [0.3, 0.4) is 0 Å². The highest BCUT2D eigenvalue weighted by Crippen LogP contribution is 2.22. The zero-order valence-electron chi connectivity index (χ0n) is 9.61. The summed E-state index contributed by atoms with van der Waals surface area (Å²) in [5.41, 5.74) is 0. The van der Waals surface area contributed by atoms with Gasteiger partial charge in [-0.3, -0.25) is 0 Å². The van der Waals surface area contributed by atoms with Gasteiger partial charge in [0.2, 0.25) is 0 Å². The van der Waals surface area contributed by atoms with Gasteiger partial charge >= 0.3 is 11.4 Å². The Bertz CT molecular complexity index is 608. The van der Waals surface area contributed by atoms with Gasteiger partial charge in [0.25, 0.3) is 0 Å². The van der Waals surface area contributed by atoms with Gasteiger partial charge < -0.3 is 8.37 Å². The Morgan fingerprint density at radius 1 is 0.750 bits per heavy atom. The maximum Gasteiger partial charge on any atom is 0.417 e. The van der Waals surface area contributed by atoms with E-state index in [0.29, 0.717) is 12.1 Å². The van der Waals surface area contributed by atoms with Crippen molar-refractivity contribution < 1.29 is 30.1 Å². The quantitative estimate of drug-likeness (QED) is 0.813. The molecule has 0 bridgehead atoms. The number of hydrogen-bond acceptors (Lipinski definition) is 3. The molecule has 20 heavy (non-hydrogen) atoms. The summed E-state index contributed by atoms with van der Waals surface area (Å²) in [4.78, 5) is 0. The molecular formula is C12H6F4O3S. The lowest BCUT2D eigenvalue weighted by molar-refractivity contribution is 0.426. The average Bonchev–Trinajstić information content (AvgIpc) is 2.36. The van der Waals surface area contributed by atoms with Crippen molar-refractivity contribution in [2.24, 2.45) is 0 Å². The predicted molar refractivity (Wildman–Crippen MR) is 62.1 cm³/mol. The fraction of sp³-hybridized carbons (Fsp3) is 0. The smallest absolute Gasteiger partial charge is 0.368 e. The molecule has 0 radical (unpaired) electrons. The third-order valence-corrected chi connectivity index (χ3v) is 2.73. The zero-order valence-corrected chi connectivity index (χ0v) is 10.4. The van der Waals surface area contributed by atoms with E-state index in [9.17, 15) is 21.8 Å². The maximum atomic E-state index is 13.2. The van der Waals surface area contributed by atoms with Crippen LogP contribution in [0, 0.1) is 23.3 Å². The fourth-order valence-corrected chi connectivity index (χ4v) is 1.85. The van der Waals surface area contributed by atoms with Crippen LogP contribution in [0.25, 0.3) is 0 Å². The van der Waals surface area contributed by atoms with E-state index >= 15 is 0 Å². The van der Waals surface area contributed by atoms with Crippen molar-refractivity contribution in [3.8, 4) is 11.5 Å². The van der Waals surface area contributed by atoms with Crippen LogP contribution in [-0.4, -0.2) is 4.21 Å². The molecule has 2 aromatic rings. The van der Waals surface area contributed by atoms with Crippen LogP contribution in [0.5, 0.6) is 11.5 Å². The second kappa shape index (κ2) is 5.91. The first-order valence-electron chi connectivity index (χ1n) is 5.14. The Labute approximate surface area is 113 Å². The molecule has 0 aliphatic heterocycles. The van der Waals surface area contributed by atoms with Crippen molar-refractivity contribution in [3.63, 3.8) is 0 Å². The summed E-state index contributed by atoms with van der Waals surface area (Å²) in [7, 11) is 0. The van der Waals surface area contributed by atoms with E-state index in [4.69, 9.17) is 0 Å². The Hall–Kier alpha value is -2.09. The second-order valence-corrected chi connectivity index (χ2v) is 4.26. The molecule has 3 nitrogen and oxygen atoms in total. The molecule has 0 aliphatic carbocycles. The van der Waals surface area contributed by atoms with Crippen LogP contribution in [0.15, 0.2) is 36.4 Å². The minimum Gasteiger partial charge on any atom is -0.368 e. The van der Waals surface area contributed by atoms with Gasteiger partial charge in [-0.15, -0.1) is 0 Å². The Morgan fingerprint density at radius 2 is 1.15 bits per heavy atom. The van der Waals surface area contributed by atoms with Crippen molar-refractivity contribution in [1.82, 2.24) is 0 Å². The molecule has 0 spiro atoms. The molecule has 0 aliphatic rings. The minimum absolute atomic E-state index is 0.519. The number of rotatable bonds is 4. The monoisotopic (exact) mass is 306 g/mol. The van der Waals surface area contributed by atoms with Crippen molar-refractivity contribution in [3.05, 3.63) is 59.7 Å². The van der Waals surface area contributed by atoms with E-state index < -0.39 is 46.1 Å². The van der Waals surface area contributed by atoms with Gasteiger partial charge in [0, 0.05) is 12.1 Å². The van der Waals surface area contributed by atoms with Gasteiger partial charge in [-0.25, -0.2) is 17.6 Å². The van der Waals surface area contributed by atoms with Crippen molar-refractivity contribution in [2.45, 2.75) is 0 Å². The highest BCUT2D eigenvalue weighted by molar-refractivity contribution is 7.75. The van der Waals surface area contributed by atoms with Crippen LogP contribution in [0.1, 0.15) is 0 Å². The highest BCUT2D eigenvalue weighted by Gasteiger charge is 2.14. The number of hydrogen-bond donors (Lipinski definition) is 0. The summed E-state index contributed by atoms with van der Waals surface area (Å²) in [5.74, 6) is -4.94. The summed E-state index contributed by atoms with van der Waals surface area (Å²) in [6.07, 6.45) is 0. The fourth-order valence-electron chi connectivity index (χ4n) is 1.25. The molecule has 106 valence electrons. The normalized spacial score (nSPS) is 10.7. The largest absolute Gasteiger partial charge is 0.417 e. The van der Waals surface area contributed by atoms with Gasteiger partial charge in [0.15, 0.2) is 23.1 Å². The minimum atomic E-state index is -2.58. The summed E-state index contributed by atoms with van der Waals surface area (Å²) in [5, 5.41) is 0. The number of benzene rings is 2. The van der Waals surface area contributed by atoms with Gasteiger partial charge in [-0.2, -0.15) is 4.21 Å². The van der Waals surface area contributed by atoms with Crippen LogP contribution in [-0.2, 0) is 11.4 Å². The van der Waals surface area contributed by atoms with Crippen LogP contribution < -0.4 is 8.37 Å². The molecule has 0 saturated heterocycles. The average molecular weight is 306 g/mol. The van der Waals surface area contributed by atoms with E-state index in [2.05, 4.69) is 8.37 Å². The molecular weight excluding hydrogens is 300 g/mol. The first-order chi connectivity index (χ1) is 9.45. The first kappa shape index (κ1) is 14.3. The first-order valence-corrected chi connectivity index (χ1v) is 6.14. The molecule has 0 amide bonds. The topological polar surface area (TPSA) is 35.5 Å². The Balaban J connectivity index is 2.09. The molecule has 8 heteroatoms. The van der Waals surface area contributed by atoms with E-state index in [0.717, 1.165) is 24.3 Å². The maximum absolute atomic E-state index is 13.2. The molecule has 0 N–H and O–H groups in total. The molecule has 0 heterocycles. The van der Waals surface area contributed by atoms with Crippen molar-refractivity contribution in [1.29, 1.82) is 0 Å². The van der Waals surface area contributed by atoms with E-state index in [-0.39, 0.29) is 0 Å². The molecule has 0 atom stereocenters. The molecule has 0 aromatic heterocycles. The molecule has 2 rings (SSSR count). The molecule has 0 fully saturated rings. The van der Waals surface area contributed by atoms with Gasteiger partial charge in [-0.05, 0) is 24.3 Å². The summed E-state index contributed by atoms with van der Waals surface area (Å²) >= 11 is -2.58. The lowest BCUT2D eigenvalue weighted by atomic mass is 10.3. The Kier molecular flexibility index (Phi) is 4.23. The van der Waals surface area contributed by atoms with Crippen LogP contribution in [0.2, 0.25) is 0 Å². The third kappa shape index (κ3) is 3.47. The SMILES string of the molecule is O=S(Oc1ccc(F)cc1F)Oc1ccc(F)cc1F. The number of halogens is 4. The molecule has 2 aromatic carbocycles. The van der Waals surface area contributed by atoms with E-state index in [1.807, 2.05) is 0 Å². The van der Waals surface area contributed by atoms with Gasteiger partial charge in [0.05, 0.1) is 0 Å². The second-order valence-electron chi connectivity index (χ2n) is 3.52. The van der Waals surface area contributed by atoms with Gasteiger partial charge in [0.1, 0.15) is 11.6 Å². The zero-order chi connectivity index (χ0) is 14.7. The molecule has 0 saturated carbocycles. The summed E-state index contributed by atoms with van der Waals surface area (Å²) in [6, 6.07) is 4.60. The Morgan fingerprint density at radius 3 is 1.50 bits per heavy atom. The van der Waals surface area contributed by atoms with Crippen LogP contribution in [0.4, 0.5) is 17.6 Å². The highest BCUT2D eigenvalue weighted by atomic mass is 32.2. The summed E-state index contributed by atoms with van der Waals surface area (Å²) in [6.45, 7) is 0.